The van der Waals surface area contributed by atoms with Crippen LogP contribution in [-0.2, 0) is 11.3 Å². The van der Waals surface area contributed by atoms with E-state index in [1.807, 2.05) is 37.3 Å². The highest BCUT2D eigenvalue weighted by atomic mass is 16.1. The van der Waals surface area contributed by atoms with Crippen LogP contribution in [0.1, 0.15) is 12.5 Å². The van der Waals surface area contributed by atoms with Gasteiger partial charge >= 0.3 is 0 Å². The molecular formula is C17H20N2O. The average Bonchev–Trinajstić information content (AvgIpc) is 2.53. The molecule has 0 bridgehead atoms. The normalized spacial score (nSPS) is 11.9. The number of nitrogens with one attached hydrogen (secondary N) is 1. The fraction of sp³-hybridized carbons (Fsp3) is 0.235. The van der Waals surface area contributed by atoms with Gasteiger partial charge in [-0.15, -0.1) is 0 Å². The number of carbonyl (C=O) groups excluding carboxylic acids is 1. The van der Waals surface area contributed by atoms with Crippen molar-refractivity contribution in [2.45, 2.75) is 13.5 Å². The maximum Gasteiger partial charge on any atom is 0.224 e. The van der Waals surface area contributed by atoms with E-state index >= 15 is 0 Å². The van der Waals surface area contributed by atoms with E-state index in [-0.39, 0.29) is 11.8 Å². The van der Waals surface area contributed by atoms with Crippen molar-refractivity contribution in [3.05, 3.63) is 60.2 Å². The Morgan fingerprint density at radius 2 is 1.65 bits per heavy atom. The Labute approximate surface area is 119 Å². The largest absolute Gasteiger partial charge is 0.352 e. The molecule has 0 aliphatic carbocycles. The van der Waals surface area contributed by atoms with Gasteiger partial charge in [-0.3, -0.25) is 4.79 Å². The van der Waals surface area contributed by atoms with Crippen LogP contribution < -0.4 is 11.1 Å². The zero-order chi connectivity index (χ0) is 14.4. The van der Waals surface area contributed by atoms with Crippen molar-refractivity contribution < 1.29 is 4.79 Å². The fourth-order valence-electron chi connectivity index (χ4n) is 1.92. The first-order chi connectivity index (χ1) is 9.70. The molecule has 3 N–H and O–H groups in total. The molecule has 1 atom stereocenters. The zero-order valence-electron chi connectivity index (χ0n) is 11.7. The van der Waals surface area contributed by atoms with Crippen LogP contribution in [0.4, 0.5) is 0 Å². The number of benzene rings is 2. The quantitative estimate of drug-likeness (QED) is 0.875. The molecule has 0 saturated heterocycles. The lowest BCUT2D eigenvalue weighted by molar-refractivity contribution is -0.124. The molecule has 2 aromatic carbocycles. The van der Waals surface area contributed by atoms with Gasteiger partial charge in [-0.05, 0) is 16.7 Å². The molecule has 1 unspecified atom stereocenters. The van der Waals surface area contributed by atoms with Gasteiger partial charge in [0.15, 0.2) is 0 Å². The molecule has 0 aromatic heterocycles. The van der Waals surface area contributed by atoms with Gasteiger partial charge in [0.05, 0.1) is 0 Å². The first-order valence-corrected chi connectivity index (χ1v) is 6.83. The van der Waals surface area contributed by atoms with E-state index in [1.165, 1.54) is 11.1 Å². The van der Waals surface area contributed by atoms with Crippen molar-refractivity contribution in [1.29, 1.82) is 0 Å². The topological polar surface area (TPSA) is 55.1 Å². The Morgan fingerprint density at radius 3 is 2.25 bits per heavy atom. The molecule has 0 fully saturated rings. The predicted octanol–water partition coefficient (Wildman–Crippen LogP) is 2.56. The number of nitrogens with two attached hydrogens (primary N) is 1. The van der Waals surface area contributed by atoms with E-state index < -0.39 is 0 Å². The molecule has 104 valence electrons. The Morgan fingerprint density at radius 1 is 1.05 bits per heavy atom. The highest BCUT2D eigenvalue weighted by Crippen LogP contribution is 2.19. The lowest BCUT2D eigenvalue weighted by atomic mass is 10.0. The highest BCUT2D eigenvalue weighted by molar-refractivity contribution is 5.78. The van der Waals surface area contributed by atoms with Gasteiger partial charge in [0.1, 0.15) is 0 Å². The Kier molecular flexibility index (Phi) is 4.91. The standard InChI is InChI=1S/C17H20N2O/c1-13(11-18)17(20)19-12-14-7-9-16(10-8-14)15-5-3-2-4-6-15/h2-10,13H,11-12,18H2,1H3,(H,19,20). The van der Waals surface area contributed by atoms with Gasteiger partial charge in [0, 0.05) is 19.0 Å². The van der Waals surface area contributed by atoms with E-state index in [0.29, 0.717) is 13.1 Å². The smallest absolute Gasteiger partial charge is 0.224 e. The van der Waals surface area contributed by atoms with Gasteiger partial charge in [0.25, 0.3) is 0 Å². The second-order valence-corrected chi connectivity index (χ2v) is 4.92. The molecule has 2 rings (SSSR count). The highest BCUT2D eigenvalue weighted by Gasteiger charge is 2.09. The van der Waals surface area contributed by atoms with Gasteiger partial charge in [-0.1, -0.05) is 61.5 Å². The van der Waals surface area contributed by atoms with Crippen molar-refractivity contribution in [2.75, 3.05) is 6.54 Å². The maximum atomic E-state index is 11.6. The summed E-state index contributed by atoms with van der Waals surface area (Å²) in [6, 6.07) is 18.4. The van der Waals surface area contributed by atoms with Gasteiger partial charge < -0.3 is 11.1 Å². The molecular weight excluding hydrogens is 248 g/mol. The van der Waals surface area contributed by atoms with Crippen LogP contribution in [0.25, 0.3) is 11.1 Å². The fourth-order valence-corrected chi connectivity index (χ4v) is 1.92. The van der Waals surface area contributed by atoms with E-state index in [4.69, 9.17) is 5.73 Å². The van der Waals surface area contributed by atoms with Crippen LogP contribution in [0.15, 0.2) is 54.6 Å². The molecule has 3 nitrogen and oxygen atoms in total. The first-order valence-electron chi connectivity index (χ1n) is 6.83. The minimum Gasteiger partial charge on any atom is -0.352 e. The van der Waals surface area contributed by atoms with E-state index in [2.05, 4.69) is 29.6 Å². The van der Waals surface area contributed by atoms with Crippen LogP contribution in [0, 0.1) is 5.92 Å². The summed E-state index contributed by atoms with van der Waals surface area (Å²) in [6.45, 7) is 2.74. The second kappa shape index (κ2) is 6.87. The van der Waals surface area contributed by atoms with Crippen LogP contribution in [0.3, 0.4) is 0 Å². The number of hydrogen-bond acceptors (Lipinski definition) is 2. The molecule has 0 aliphatic heterocycles. The molecule has 20 heavy (non-hydrogen) atoms. The summed E-state index contributed by atoms with van der Waals surface area (Å²) in [6.07, 6.45) is 0. The summed E-state index contributed by atoms with van der Waals surface area (Å²) in [4.78, 5) is 11.6. The van der Waals surface area contributed by atoms with E-state index in [1.54, 1.807) is 0 Å². The van der Waals surface area contributed by atoms with Crippen LogP contribution >= 0.6 is 0 Å². The molecule has 0 heterocycles. The minimum absolute atomic E-state index is 0.000337. The third kappa shape index (κ3) is 3.68. The molecule has 1 amide bonds. The molecule has 0 radical (unpaired) electrons. The predicted molar refractivity (Wildman–Crippen MR) is 81.9 cm³/mol. The van der Waals surface area contributed by atoms with Gasteiger partial charge in [-0.25, -0.2) is 0 Å². The Hall–Kier alpha value is -2.13. The number of hydrogen-bond donors (Lipinski definition) is 2. The van der Waals surface area contributed by atoms with Crippen molar-refractivity contribution in [3.63, 3.8) is 0 Å². The lowest BCUT2D eigenvalue weighted by Gasteiger charge is -2.10. The van der Waals surface area contributed by atoms with Crippen LogP contribution in [-0.4, -0.2) is 12.5 Å². The zero-order valence-corrected chi connectivity index (χ0v) is 11.7. The van der Waals surface area contributed by atoms with E-state index in [9.17, 15) is 4.79 Å². The average molecular weight is 268 g/mol. The summed E-state index contributed by atoms with van der Waals surface area (Å²) in [5, 5.41) is 2.89. The SMILES string of the molecule is CC(CN)C(=O)NCc1ccc(-c2ccccc2)cc1. The van der Waals surface area contributed by atoms with Gasteiger partial charge in [-0.2, -0.15) is 0 Å². The van der Waals surface area contributed by atoms with Crippen molar-refractivity contribution in [1.82, 2.24) is 5.32 Å². The molecule has 0 spiro atoms. The number of carbonyl (C=O) groups is 1. The van der Waals surface area contributed by atoms with Crippen molar-refractivity contribution in [2.24, 2.45) is 11.7 Å². The Bertz CT molecular complexity index is 549. The minimum atomic E-state index is -0.140. The van der Waals surface area contributed by atoms with Crippen molar-refractivity contribution in [3.8, 4) is 11.1 Å². The molecule has 3 heteroatoms. The summed E-state index contributed by atoms with van der Waals surface area (Å²) in [5.74, 6) is -0.141. The molecule has 2 aromatic rings. The summed E-state index contributed by atoms with van der Waals surface area (Å²) in [5.41, 5.74) is 8.92. The third-order valence-corrected chi connectivity index (χ3v) is 3.33. The first kappa shape index (κ1) is 14.3. The summed E-state index contributed by atoms with van der Waals surface area (Å²) in [7, 11) is 0. The number of rotatable bonds is 5. The summed E-state index contributed by atoms with van der Waals surface area (Å²) >= 11 is 0. The van der Waals surface area contributed by atoms with Crippen LogP contribution in [0.2, 0.25) is 0 Å². The third-order valence-electron chi connectivity index (χ3n) is 3.33. The lowest BCUT2D eigenvalue weighted by Crippen LogP contribution is -2.32. The summed E-state index contributed by atoms with van der Waals surface area (Å²) < 4.78 is 0. The van der Waals surface area contributed by atoms with Crippen LogP contribution in [0.5, 0.6) is 0 Å². The number of amides is 1. The van der Waals surface area contributed by atoms with Gasteiger partial charge in [0.2, 0.25) is 5.91 Å². The van der Waals surface area contributed by atoms with E-state index in [0.717, 1.165) is 5.56 Å². The maximum absolute atomic E-state index is 11.6. The molecule has 0 aliphatic rings. The van der Waals surface area contributed by atoms with Crippen molar-refractivity contribution >= 4 is 5.91 Å². The second-order valence-electron chi connectivity index (χ2n) is 4.92. The Balaban J connectivity index is 1.97. The molecule has 0 saturated carbocycles. The monoisotopic (exact) mass is 268 g/mol.